The van der Waals surface area contributed by atoms with Crippen LogP contribution in [0, 0.1) is 0 Å². The molecule has 0 saturated heterocycles. The maximum atomic E-state index is 12.4. The van der Waals surface area contributed by atoms with Gasteiger partial charge in [0.1, 0.15) is 10.6 Å². The standard InChI is InChI=1S/C19H21NO6S/c1-4-13-5-7-14(8-6-13)18(21)12(2)26-19(22)15-9-10-16(25-3)17(11-15)27(20,23)24/h5-12H,4H2,1-3H3,(H2,20,23,24). The minimum Gasteiger partial charge on any atom is -0.495 e. The summed E-state index contributed by atoms with van der Waals surface area (Å²) in [6.45, 7) is 3.46. The van der Waals surface area contributed by atoms with Crippen molar-refractivity contribution in [2.75, 3.05) is 7.11 Å². The number of hydrogen-bond donors (Lipinski definition) is 1. The molecule has 2 N–H and O–H groups in total. The third-order valence-electron chi connectivity index (χ3n) is 4.01. The second-order valence-corrected chi connectivity index (χ2v) is 7.40. The Balaban J connectivity index is 2.19. The Bertz CT molecular complexity index is 951. The van der Waals surface area contributed by atoms with E-state index in [4.69, 9.17) is 14.6 Å². The van der Waals surface area contributed by atoms with Crippen molar-refractivity contribution in [1.29, 1.82) is 0 Å². The molecule has 0 saturated carbocycles. The van der Waals surface area contributed by atoms with Crippen LogP contribution in [0.3, 0.4) is 0 Å². The third-order valence-corrected chi connectivity index (χ3v) is 4.94. The number of carbonyl (C=O) groups excluding carboxylic acids is 2. The maximum Gasteiger partial charge on any atom is 0.338 e. The van der Waals surface area contributed by atoms with E-state index in [-0.39, 0.29) is 22.0 Å². The fourth-order valence-electron chi connectivity index (χ4n) is 2.45. The van der Waals surface area contributed by atoms with Crippen LogP contribution in [0.4, 0.5) is 0 Å². The summed E-state index contributed by atoms with van der Waals surface area (Å²) in [6, 6.07) is 10.7. The summed E-state index contributed by atoms with van der Waals surface area (Å²) >= 11 is 0. The molecule has 0 radical (unpaired) electrons. The van der Waals surface area contributed by atoms with E-state index >= 15 is 0 Å². The SMILES string of the molecule is CCc1ccc(C(=O)C(C)OC(=O)c2ccc(OC)c(S(N)(=O)=O)c2)cc1. The van der Waals surface area contributed by atoms with Crippen molar-refractivity contribution >= 4 is 21.8 Å². The lowest BCUT2D eigenvalue weighted by atomic mass is 10.0. The van der Waals surface area contributed by atoms with Crippen LogP contribution in [-0.4, -0.2) is 33.4 Å². The Labute approximate surface area is 158 Å². The molecule has 2 aromatic rings. The van der Waals surface area contributed by atoms with Crippen LogP contribution in [0.2, 0.25) is 0 Å². The Hall–Kier alpha value is -2.71. The van der Waals surface area contributed by atoms with Crippen LogP contribution in [0.5, 0.6) is 5.75 Å². The molecule has 0 amide bonds. The Kier molecular flexibility index (Phi) is 6.35. The molecular formula is C19H21NO6S. The highest BCUT2D eigenvalue weighted by Crippen LogP contribution is 2.24. The summed E-state index contributed by atoms with van der Waals surface area (Å²) in [4.78, 5) is 24.4. The zero-order valence-electron chi connectivity index (χ0n) is 15.3. The number of rotatable bonds is 7. The molecular weight excluding hydrogens is 370 g/mol. The number of hydrogen-bond acceptors (Lipinski definition) is 6. The molecule has 2 aromatic carbocycles. The molecule has 0 spiro atoms. The molecule has 1 unspecified atom stereocenters. The molecule has 0 aliphatic heterocycles. The van der Waals surface area contributed by atoms with Gasteiger partial charge in [-0.15, -0.1) is 0 Å². The fourth-order valence-corrected chi connectivity index (χ4v) is 3.17. The van der Waals surface area contributed by atoms with E-state index in [1.165, 1.54) is 26.2 Å². The van der Waals surface area contributed by atoms with Crippen LogP contribution < -0.4 is 9.88 Å². The average molecular weight is 391 g/mol. The van der Waals surface area contributed by atoms with Gasteiger partial charge in [-0.3, -0.25) is 4.79 Å². The lowest BCUT2D eigenvalue weighted by molar-refractivity contribution is 0.0318. The number of carbonyl (C=O) groups is 2. The fraction of sp³-hybridized carbons (Fsp3) is 0.263. The molecule has 0 aliphatic carbocycles. The molecule has 0 fully saturated rings. The van der Waals surface area contributed by atoms with Crippen molar-refractivity contribution in [1.82, 2.24) is 0 Å². The first kappa shape index (κ1) is 20.6. The number of ketones is 1. The second-order valence-electron chi connectivity index (χ2n) is 5.87. The van der Waals surface area contributed by atoms with Crippen molar-refractivity contribution in [3.63, 3.8) is 0 Å². The largest absolute Gasteiger partial charge is 0.495 e. The number of aryl methyl sites for hydroxylation is 1. The first-order valence-corrected chi connectivity index (χ1v) is 9.77. The van der Waals surface area contributed by atoms with Gasteiger partial charge in [-0.25, -0.2) is 18.4 Å². The van der Waals surface area contributed by atoms with E-state index in [0.717, 1.165) is 18.1 Å². The second kappa shape index (κ2) is 8.32. The Morgan fingerprint density at radius 2 is 1.67 bits per heavy atom. The number of Topliss-reactive ketones (excluding diaryl/α,β-unsaturated/α-hetero) is 1. The maximum absolute atomic E-state index is 12.4. The first-order valence-electron chi connectivity index (χ1n) is 8.22. The van der Waals surface area contributed by atoms with Gasteiger partial charge in [0.25, 0.3) is 0 Å². The molecule has 0 aliphatic rings. The minimum absolute atomic E-state index is 0.00851. The molecule has 7 nitrogen and oxygen atoms in total. The molecule has 27 heavy (non-hydrogen) atoms. The predicted molar refractivity (Wildman–Crippen MR) is 99.4 cm³/mol. The highest BCUT2D eigenvalue weighted by molar-refractivity contribution is 7.89. The van der Waals surface area contributed by atoms with Crippen LogP contribution in [0.1, 0.15) is 40.1 Å². The monoisotopic (exact) mass is 391 g/mol. The van der Waals surface area contributed by atoms with Gasteiger partial charge in [0, 0.05) is 5.56 Å². The molecule has 1 atom stereocenters. The van der Waals surface area contributed by atoms with Crippen LogP contribution in [0.15, 0.2) is 47.4 Å². The number of nitrogens with two attached hydrogens (primary N) is 1. The van der Waals surface area contributed by atoms with Gasteiger partial charge in [-0.2, -0.15) is 0 Å². The van der Waals surface area contributed by atoms with Crippen molar-refractivity contribution in [3.05, 3.63) is 59.2 Å². The predicted octanol–water partition coefficient (Wildman–Crippen LogP) is 2.33. The van der Waals surface area contributed by atoms with Crippen molar-refractivity contribution in [2.45, 2.75) is 31.3 Å². The molecule has 144 valence electrons. The van der Waals surface area contributed by atoms with E-state index in [1.807, 2.05) is 19.1 Å². The third kappa shape index (κ3) is 4.93. The lowest BCUT2D eigenvalue weighted by Gasteiger charge is -2.14. The van der Waals surface area contributed by atoms with E-state index in [9.17, 15) is 18.0 Å². The minimum atomic E-state index is -4.10. The molecule has 0 aromatic heterocycles. The van der Waals surface area contributed by atoms with E-state index < -0.39 is 22.1 Å². The van der Waals surface area contributed by atoms with Gasteiger partial charge in [0.05, 0.1) is 12.7 Å². The van der Waals surface area contributed by atoms with Crippen LogP contribution in [0.25, 0.3) is 0 Å². The smallest absolute Gasteiger partial charge is 0.338 e. The van der Waals surface area contributed by atoms with Gasteiger partial charge in [-0.05, 0) is 37.1 Å². The van der Waals surface area contributed by atoms with Gasteiger partial charge in [0.2, 0.25) is 15.8 Å². The highest BCUT2D eigenvalue weighted by Gasteiger charge is 2.23. The number of benzene rings is 2. The number of sulfonamides is 1. The normalized spacial score (nSPS) is 12.3. The van der Waals surface area contributed by atoms with Gasteiger partial charge >= 0.3 is 5.97 Å². The van der Waals surface area contributed by atoms with Crippen molar-refractivity contribution in [2.24, 2.45) is 5.14 Å². The summed E-state index contributed by atoms with van der Waals surface area (Å²) < 4.78 is 33.4. The molecule has 8 heteroatoms. The Morgan fingerprint density at radius 1 is 1.07 bits per heavy atom. The zero-order chi connectivity index (χ0) is 20.2. The van der Waals surface area contributed by atoms with Gasteiger partial charge in [0.15, 0.2) is 6.10 Å². The van der Waals surface area contributed by atoms with E-state index in [1.54, 1.807) is 12.1 Å². The zero-order valence-corrected chi connectivity index (χ0v) is 16.1. The lowest BCUT2D eigenvalue weighted by Crippen LogP contribution is -2.24. The quantitative estimate of drug-likeness (QED) is 0.572. The summed E-state index contributed by atoms with van der Waals surface area (Å²) in [6.07, 6.45) is -0.187. The van der Waals surface area contributed by atoms with Crippen LogP contribution >= 0.6 is 0 Å². The summed E-state index contributed by atoms with van der Waals surface area (Å²) in [5, 5.41) is 5.14. The number of ether oxygens (including phenoxy) is 2. The van der Waals surface area contributed by atoms with E-state index in [0.29, 0.717) is 5.56 Å². The molecule has 2 rings (SSSR count). The Morgan fingerprint density at radius 3 is 2.19 bits per heavy atom. The van der Waals surface area contributed by atoms with Crippen molar-refractivity contribution < 1.29 is 27.5 Å². The summed E-state index contributed by atoms with van der Waals surface area (Å²) in [5.41, 5.74) is 1.46. The number of primary sulfonamides is 1. The molecule has 0 bridgehead atoms. The topological polar surface area (TPSA) is 113 Å². The van der Waals surface area contributed by atoms with Gasteiger partial charge in [-0.1, -0.05) is 31.2 Å². The summed E-state index contributed by atoms with van der Waals surface area (Å²) in [7, 11) is -2.81. The first-order chi connectivity index (χ1) is 12.7. The average Bonchev–Trinajstić information content (AvgIpc) is 2.66. The number of esters is 1. The van der Waals surface area contributed by atoms with E-state index in [2.05, 4.69) is 0 Å². The van der Waals surface area contributed by atoms with Crippen molar-refractivity contribution in [3.8, 4) is 5.75 Å². The summed E-state index contributed by atoms with van der Waals surface area (Å²) in [5.74, 6) is -1.19. The van der Waals surface area contributed by atoms with Crippen LogP contribution in [-0.2, 0) is 21.2 Å². The molecule has 0 heterocycles. The highest BCUT2D eigenvalue weighted by atomic mass is 32.2. The van der Waals surface area contributed by atoms with Gasteiger partial charge < -0.3 is 9.47 Å². The number of methoxy groups -OCH3 is 1.